The molecule has 0 spiro atoms. The highest BCUT2D eigenvalue weighted by Crippen LogP contribution is 2.23. The second-order valence-corrected chi connectivity index (χ2v) is 3.67. The Balaban J connectivity index is 2.54. The van der Waals surface area contributed by atoms with Crippen molar-refractivity contribution in [3.8, 4) is 11.4 Å². The molecular formula is C12H16N4. The lowest BCUT2D eigenvalue weighted by Crippen LogP contribution is -2.00. The van der Waals surface area contributed by atoms with Gasteiger partial charge in [-0.2, -0.15) is 0 Å². The Morgan fingerprint density at radius 1 is 1.25 bits per heavy atom. The fourth-order valence-corrected chi connectivity index (χ4v) is 1.83. The lowest BCUT2D eigenvalue weighted by molar-refractivity contribution is 0.921. The molecule has 0 bridgehead atoms. The van der Waals surface area contributed by atoms with Crippen LogP contribution >= 0.6 is 0 Å². The van der Waals surface area contributed by atoms with Crippen LogP contribution in [-0.2, 0) is 13.5 Å². The van der Waals surface area contributed by atoms with Crippen molar-refractivity contribution in [2.75, 3.05) is 12.4 Å². The number of hydrogen-bond acceptors (Lipinski definition) is 3. The van der Waals surface area contributed by atoms with E-state index in [1.807, 2.05) is 24.7 Å². The number of aromatic nitrogens is 3. The van der Waals surface area contributed by atoms with Crippen molar-refractivity contribution in [2.45, 2.75) is 13.3 Å². The molecule has 0 saturated carbocycles. The number of nitrogens with zero attached hydrogens (tertiary/aromatic N) is 3. The van der Waals surface area contributed by atoms with Crippen molar-refractivity contribution >= 4 is 5.95 Å². The van der Waals surface area contributed by atoms with Gasteiger partial charge in [0.25, 0.3) is 0 Å². The molecule has 1 N–H and O–H groups in total. The zero-order chi connectivity index (χ0) is 11.5. The highest BCUT2D eigenvalue weighted by Gasteiger charge is 2.11. The third-order valence-electron chi connectivity index (χ3n) is 2.74. The first-order valence-electron chi connectivity index (χ1n) is 5.43. The highest BCUT2D eigenvalue weighted by molar-refractivity contribution is 5.61. The quantitative estimate of drug-likeness (QED) is 0.854. The maximum Gasteiger partial charge on any atom is 0.224 e. The monoisotopic (exact) mass is 216 g/mol. The lowest BCUT2D eigenvalue weighted by atomic mass is 10.1. The largest absolute Gasteiger partial charge is 0.357 e. The molecule has 0 aliphatic heterocycles. The Morgan fingerprint density at radius 3 is 2.62 bits per heavy atom. The van der Waals surface area contributed by atoms with Gasteiger partial charge in [-0.25, -0.2) is 0 Å². The SMILES string of the molecule is CCc1ccccc1-c1nnc(NC)n1C. The van der Waals surface area contributed by atoms with E-state index in [4.69, 9.17) is 0 Å². The predicted octanol–water partition coefficient (Wildman–Crippen LogP) is 2.09. The van der Waals surface area contributed by atoms with Crippen molar-refractivity contribution in [1.29, 1.82) is 0 Å². The van der Waals surface area contributed by atoms with Crippen LogP contribution in [-0.4, -0.2) is 21.8 Å². The molecule has 16 heavy (non-hydrogen) atoms. The molecule has 0 amide bonds. The Labute approximate surface area is 95.3 Å². The summed E-state index contributed by atoms with van der Waals surface area (Å²) < 4.78 is 1.97. The number of aryl methyl sites for hydroxylation is 1. The maximum atomic E-state index is 4.22. The third-order valence-corrected chi connectivity index (χ3v) is 2.74. The summed E-state index contributed by atoms with van der Waals surface area (Å²) in [6.07, 6.45) is 0.998. The van der Waals surface area contributed by atoms with Crippen molar-refractivity contribution in [3.63, 3.8) is 0 Å². The summed E-state index contributed by atoms with van der Waals surface area (Å²) in [7, 11) is 3.81. The van der Waals surface area contributed by atoms with Crippen molar-refractivity contribution in [1.82, 2.24) is 14.8 Å². The van der Waals surface area contributed by atoms with Gasteiger partial charge in [0.15, 0.2) is 5.82 Å². The Kier molecular flexibility index (Phi) is 2.90. The van der Waals surface area contributed by atoms with Gasteiger partial charge in [0.05, 0.1) is 0 Å². The zero-order valence-electron chi connectivity index (χ0n) is 9.86. The summed E-state index contributed by atoms with van der Waals surface area (Å²) >= 11 is 0. The molecule has 1 aromatic heterocycles. The average molecular weight is 216 g/mol. The van der Waals surface area contributed by atoms with Crippen LogP contribution in [0.15, 0.2) is 24.3 Å². The lowest BCUT2D eigenvalue weighted by Gasteiger charge is -2.07. The van der Waals surface area contributed by atoms with E-state index in [0.717, 1.165) is 23.8 Å². The van der Waals surface area contributed by atoms with E-state index in [9.17, 15) is 0 Å². The topological polar surface area (TPSA) is 42.7 Å². The number of anilines is 1. The Morgan fingerprint density at radius 2 is 2.00 bits per heavy atom. The van der Waals surface area contributed by atoms with Crippen LogP contribution in [0.25, 0.3) is 11.4 Å². The number of nitrogens with one attached hydrogen (secondary N) is 1. The summed E-state index contributed by atoms with van der Waals surface area (Å²) in [5.74, 6) is 1.68. The van der Waals surface area contributed by atoms with Crippen molar-refractivity contribution in [2.24, 2.45) is 7.05 Å². The van der Waals surface area contributed by atoms with Gasteiger partial charge in [-0.1, -0.05) is 31.2 Å². The predicted molar refractivity (Wildman–Crippen MR) is 65.4 cm³/mol. The minimum atomic E-state index is 0.779. The van der Waals surface area contributed by atoms with E-state index in [1.54, 1.807) is 0 Å². The number of benzene rings is 1. The van der Waals surface area contributed by atoms with Crippen LogP contribution in [0.2, 0.25) is 0 Å². The van der Waals surface area contributed by atoms with Gasteiger partial charge >= 0.3 is 0 Å². The van der Waals surface area contributed by atoms with Crippen LogP contribution in [0, 0.1) is 0 Å². The Hall–Kier alpha value is -1.84. The van der Waals surface area contributed by atoms with Crippen LogP contribution < -0.4 is 5.32 Å². The molecule has 1 heterocycles. The molecule has 0 atom stereocenters. The summed E-state index contributed by atoms with van der Waals surface area (Å²) in [4.78, 5) is 0. The van der Waals surface area contributed by atoms with E-state index in [1.165, 1.54) is 5.56 Å². The molecular weight excluding hydrogens is 200 g/mol. The molecule has 4 nitrogen and oxygen atoms in total. The van der Waals surface area contributed by atoms with Crippen LogP contribution in [0.5, 0.6) is 0 Å². The third kappa shape index (κ3) is 1.66. The fourth-order valence-electron chi connectivity index (χ4n) is 1.83. The first-order valence-corrected chi connectivity index (χ1v) is 5.43. The molecule has 2 rings (SSSR count). The minimum Gasteiger partial charge on any atom is -0.357 e. The molecule has 0 radical (unpaired) electrons. The minimum absolute atomic E-state index is 0.779. The molecule has 0 aliphatic carbocycles. The Bertz CT molecular complexity index is 488. The van der Waals surface area contributed by atoms with E-state index < -0.39 is 0 Å². The summed E-state index contributed by atoms with van der Waals surface area (Å²) in [6.45, 7) is 2.15. The highest BCUT2D eigenvalue weighted by atomic mass is 15.3. The molecule has 0 aliphatic rings. The van der Waals surface area contributed by atoms with Crippen molar-refractivity contribution < 1.29 is 0 Å². The van der Waals surface area contributed by atoms with Gasteiger partial charge < -0.3 is 5.32 Å². The molecule has 4 heteroatoms. The molecule has 84 valence electrons. The molecule has 0 fully saturated rings. The zero-order valence-corrected chi connectivity index (χ0v) is 9.86. The first kappa shape index (κ1) is 10.7. The van der Waals surface area contributed by atoms with E-state index >= 15 is 0 Å². The number of hydrogen-bond donors (Lipinski definition) is 1. The first-order chi connectivity index (χ1) is 7.77. The van der Waals surface area contributed by atoms with Crippen LogP contribution in [0.3, 0.4) is 0 Å². The molecule has 0 unspecified atom stereocenters. The molecule has 2 aromatic rings. The average Bonchev–Trinajstić information content (AvgIpc) is 2.70. The van der Waals surface area contributed by atoms with Crippen molar-refractivity contribution in [3.05, 3.63) is 29.8 Å². The summed E-state index contributed by atoms with van der Waals surface area (Å²) in [6, 6.07) is 8.30. The van der Waals surface area contributed by atoms with Crippen LogP contribution in [0.4, 0.5) is 5.95 Å². The van der Waals surface area contributed by atoms with Gasteiger partial charge in [-0.05, 0) is 12.0 Å². The summed E-state index contributed by atoms with van der Waals surface area (Å²) in [5, 5.41) is 11.3. The summed E-state index contributed by atoms with van der Waals surface area (Å²) in [5.41, 5.74) is 2.45. The van der Waals surface area contributed by atoms with Gasteiger partial charge in [-0.3, -0.25) is 4.57 Å². The van der Waals surface area contributed by atoms with Gasteiger partial charge in [-0.15, -0.1) is 10.2 Å². The molecule has 1 aromatic carbocycles. The van der Waals surface area contributed by atoms with E-state index in [-0.39, 0.29) is 0 Å². The standard InChI is InChI=1S/C12H16N4/c1-4-9-7-5-6-8-10(9)11-14-15-12(13-2)16(11)3/h5-8H,4H2,1-3H3,(H,13,15). The van der Waals surface area contributed by atoms with Gasteiger partial charge in [0, 0.05) is 19.7 Å². The fraction of sp³-hybridized carbons (Fsp3) is 0.333. The van der Waals surface area contributed by atoms with Gasteiger partial charge in [0.2, 0.25) is 5.95 Å². The second kappa shape index (κ2) is 4.35. The van der Waals surface area contributed by atoms with E-state index in [2.05, 4.69) is 40.6 Å². The smallest absolute Gasteiger partial charge is 0.224 e. The maximum absolute atomic E-state index is 4.22. The van der Waals surface area contributed by atoms with Gasteiger partial charge in [0.1, 0.15) is 0 Å². The van der Waals surface area contributed by atoms with E-state index in [0.29, 0.717) is 0 Å². The number of rotatable bonds is 3. The van der Waals surface area contributed by atoms with Crippen LogP contribution in [0.1, 0.15) is 12.5 Å². The second-order valence-electron chi connectivity index (χ2n) is 3.67. The normalized spacial score (nSPS) is 10.4. The molecule has 0 saturated heterocycles.